The minimum absolute atomic E-state index is 0.163. The van der Waals surface area contributed by atoms with Crippen LogP contribution in [0.2, 0.25) is 0 Å². The van der Waals surface area contributed by atoms with Crippen molar-refractivity contribution < 1.29 is 4.79 Å². The summed E-state index contributed by atoms with van der Waals surface area (Å²) >= 11 is 0. The molecule has 0 fully saturated rings. The van der Waals surface area contributed by atoms with E-state index in [1.165, 1.54) is 0 Å². The van der Waals surface area contributed by atoms with Gasteiger partial charge in [0.25, 0.3) is 0 Å². The van der Waals surface area contributed by atoms with E-state index in [2.05, 4.69) is 15.2 Å². The second kappa shape index (κ2) is 7.93. The summed E-state index contributed by atoms with van der Waals surface area (Å²) in [5.41, 5.74) is 2.99. The first-order chi connectivity index (χ1) is 12.3. The molecule has 0 aliphatic rings. The monoisotopic (exact) mass is 327 g/mol. The molecule has 3 rings (SSSR count). The van der Waals surface area contributed by atoms with Crippen molar-refractivity contribution in [2.24, 2.45) is 10.2 Å². The standard InChI is InChI=1S/C21H17N3O/c1-16(19-14-8-9-15-22-19)23-24-20(17-10-4-2-5-11-17)21(25)18-12-6-3-7-13-18/h2-15H,1H3. The van der Waals surface area contributed by atoms with Crippen molar-refractivity contribution in [3.05, 3.63) is 102 Å². The minimum atomic E-state index is -0.163. The van der Waals surface area contributed by atoms with E-state index < -0.39 is 0 Å². The second-order valence-corrected chi connectivity index (χ2v) is 5.41. The Balaban J connectivity index is 2.01. The third-order valence-corrected chi connectivity index (χ3v) is 3.63. The number of carbonyl (C=O) groups is 1. The van der Waals surface area contributed by atoms with Crippen molar-refractivity contribution in [1.29, 1.82) is 0 Å². The molecule has 0 atom stereocenters. The molecular formula is C21H17N3O. The molecule has 1 aromatic heterocycles. The van der Waals surface area contributed by atoms with Crippen LogP contribution in [0, 0.1) is 0 Å². The molecule has 0 bridgehead atoms. The molecule has 3 aromatic rings. The summed E-state index contributed by atoms with van der Waals surface area (Å²) in [6, 6.07) is 24.0. The molecule has 0 unspecified atom stereocenters. The van der Waals surface area contributed by atoms with Crippen LogP contribution < -0.4 is 0 Å². The predicted molar refractivity (Wildman–Crippen MR) is 100 cm³/mol. The van der Waals surface area contributed by atoms with Crippen LogP contribution >= 0.6 is 0 Å². The lowest BCUT2D eigenvalue weighted by atomic mass is 10.0. The number of benzene rings is 2. The Morgan fingerprint density at radius 3 is 1.96 bits per heavy atom. The van der Waals surface area contributed by atoms with E-state index in [1.54, 1.807) is 18.3 Å². The lowest BCUT2D eigenvalue weighted by Gasteiger charge is -2.05. The zero-order valence-electron chi connectivity index (χ0n) is 13.8. The van der Waals surface area contributed by atoms with E-state index in [4.69, 9.17) is 0 Å². The van der Waals surface area contributed by atoms with Gasteiger partial charge in [-0.3, -0.25) is 9.78 Å². The normalized spacial score (nSPS) is 12.0. The number of aromatic nitrogens is 1. The van der Waals surface area contributed by atoms with E-state index in [-0.39, 0.29) is 5.78 Å². The fourth-order valence-corrected chi connectivity index (χ4v) is 2.31. The van der Waals surface area contributed by atoms with E-state index >= 15 is 0 Å². The third-order valence-electron chi connectivity index (χ3n) is 3.63. The van der Waals surface area contributed by atoms with E-state index in [9.17, 15) is 4.79 Å². The quantitative estimate of drug-likeness (QED) is 0.401. The molecule has 0 N–H and O–H groups in total. The van der Waals surface area contributed by atoms with Gasteiger partial charge in [0, 0.05) is 17.3 Å². The summed E-state index contributed by atoms with van der Waals surface area (Å²) in [5.74, 6) is -0.163. The lowest BCUT2D eigenvalue weighted by molar-refractivity contribution is 0.106. The average molecular weight is 327 g/mol. The Kier molecular flexibility index (Phi) is 5.22. The van der Waals surface area contributed by atoms with Gasteiger partial charge in [-0.15, -0.1) is 5.10 Å². The average Bonchev–Trinajstić information content (AvgIpc) is 2.70. The Hall–Kier alpha value is -3.40. The molecule has 0 spiro atoms. The molecule has 2 aromatic carbocycles. The van der Waals surface area contributed by atoms with Crippen LogP contribution in [-0.4, -0.2) is 22.2 Å². The smallest absolute Gasteiger partial charge is 0.213 e. The molecule has 25 heavy (non-hydrogen) atoms. The SMILES string of the molecule is CC(=NN=C(C(=O)c1ccccc1)c1ccccc1)c1ccccn1. The number of carbonyl (C=O) groups excluding carboxylic acids is 1. The first-order valence-electron chi connectivity index (χ1n) is 7.94. The largest absolute Gasteiger partial charge is 0.287 e. The maximum absolute atomic E-state index is 12.9. The fourth-order valence-electron chi connectivity index (χ4n) is 2.31. The van der Waals surface area contributed by atoms with Crippen LogP contribution in [0.3, 0.4) is 0 Å². The van der Waals surface area contributed by atoms with Gasteiger partial charge < -0.3 is 0 Å². The third kappa shape index (κ3) is 4.12. The van der Waals surface area contributed by atoms with Crippen molar-refractivity contribution >= 4 is 17.2 Å². The summed E-state index contributed by atoms with van der Waals surface area (Å²) in [7, 11) is 0. The summed E-state index contributed by atoms with van der Waals surface area (Å²) in [5, 5.41) is 8.50. The molecule has 4 heteroatoms. The van der Waals surface area contributed by atoms with E-state index in [1.807, 2.05) is 73.7 Å². The second-order valence-electron chi connectivity index (χ2n) is 5.41. The van der Waals surface area contributed by atoms with Crippen LogP contribution in [-0.2, 0) is 0 Å². The zero-order valence-corrected chi connectivity index (χ0v) is 13.8. The Morgan fingerprint density at radius 1 is 0.760 bits per heavy atom. The van der Waals surface area contributed by atoms with Gasteiger partial charge in [-0.1, -0.05) is 66.7 Å². The van der Waals surface area contributed by atoms with Gasteiger partial charge in [0.2, 0.25) is 5.78 Å². The lowest BCUT2D eigenvalue weighted by Crippen LogP contribution is -2.16. The van der Waals surface area contributed by atoms with Gasteiger partial charge in [0.1, 0.15) is 5.71 Å². The van der Waals surface area contributed by atoms with Crippen molar-refractivity contribution in [2.75, 3.05) is 0 Å². The summed E-state index contributed by atoms with van der Waals surface area (Å²) in [6.07, 6.45) is 1.70. The van der Waals surface area contributed by atoms with Gasteiger partial charge in [0.05, 0.1) is 11.4 Å². The highest BCUT2D eigenvalue weighted by Crippen LogP contribution is 2.10. The van der Waals surface area contributed by atoms with Gasteiger partial charge in [-0.2, -0.15) is 5.10 Å². The number of pyridine rings is 1. The Morgan fingerprint density at radius 2 is 1.36 bits per heavy atom. The predicted octanol–water partition coefficient (Wildman–Crippen LogP) is 4.18. The fraction of sp³-hybridized carbons (Fsp3) is 0.0476. The number of hydrogen-bond donors (Lipinski definition) is 0. The molecular weight excluding hydrogens is 310 g/mol. The number of nitrogens with zero attached hydrogens (tertiary/aromatic N) is 3. The highest BCUT2D eigenvalue weighted by Gasteiger charge is 2.16. The highest BCUT2D eigenvalue weighted by atomic mass is 16.1. The Bertz CT molecular complexity index is 902. The number of Topliss-reactive ketones (excluding diaryl/α,β-unsaturated/α-hetero) is 1. The van der Waals surface area contributed by atoms with Crippen molar-refractivity contribution in [3.63, 3.8) is 0 Å². The molecule has 0 saturated carbocycles. The van der Waals surface area contributed by atoms with E-state index in [0.29, 0.717) is 17.0 Å². The van der Waals surface area contributed by atoms with Crippen LogP contribution in [0.15, 0.2) is 95.3 Å². The molecule has 0 saturated heterocycles. The topological polar surface area (TPSA) is 54.7 Å². The van der Waals surface area contributed by atoms with Crippen molar-refractivity contribution in [3.8, 4) is 0 Å². The first kappa shape index (κ1) is 16.5. The molecule has 0 amide bonds. The van der Waals surface area contributed by atoms with Crippen molar-refractivity contribution in [1.82, 2.24) is 4.98 Å². The Labute approximate surface area is 146 Å². The molecule has 4 nitrogen and oxygen atoms in total. The number of rotatable bonds is 5. The maximum Gasteiger partial charge on any atom is 0.213 e. The van der Waals surface area contributed by atoms with Gasteiger partial charge in [-0.25, -0.2) is 0 Å². The van der Waals surface area contributed by atoms with Crippen LogP contribution in [0.25, 0.3) is 0 Å². The number of hydrogen-bond acceptors (Lipinski definition) is 4. The van der Waals surface area contributed by atoms with Crippen LogP contribution in [0.4, 0.5) is 0 Å². The van der Waals surface area contributed by atoms with Crippen molar-refractivity contribution in [2.45, 2.75) is 6.92 Å². The number of ketones is 1. The zero-order chi connectivity index (χ0) is 17.5. The van der Waals surface area contributed by atoms with Gasteiger partial charge >= 0.3 is 0 Å². The molecule has 0 aliphatic heterocycles. The van der Waals surface area contributed by atoms with Crippen LogP contribution in [0.5, 0.6) is 0 Å². The summed E-state index contributed by atoms with van der Waals surface area (Å²) < 4.78 is 0. The molecule has 122 valence electrons. The molecule has 0 radical (unpaired) electrons. The highest BCUT2D eigenvalue weighted by molar-refractivity contribution is 6.51. The molecule has 1 heterocycles. The van der Waals surface area contributed by atoms with Gasteiger partial charge in [0.15, 0.2) is 0 Å². The minimum Gasteiger partial charge on any atom is -0.287 e. The van der Waals surface area contributed by atoms with Crippen LogP contribution in [0.1, 0.15) is 28.5 Å². The summed E-state index contributed by atoms with van der Waals surface area (Å²) in [4.78, 5) is 17.1. The summed E-state index contributed by atoms with van der Waals surface area (Å²) in [6.45, 7) is 1.82. The van der Waals surface area contributed by atoms with E-state index in [0.717, 1.165) is 11.3 Å². The van der Waals surface area contributed by atoms with Gasteiger partial charge in [-0.05, 0) is 19.1 Å². The molecule has 0 aliphatic carbocycles. The maximum atomic E-state index is 12.9. The first-order valence-corrected chi connectivity index (χ1v) is 7.94.